The van der Waals surface area contributed by atoms with E-state index in [1.807, 2.05) is 24.3 Å². The van der Waals surface area contributed by atoms with Crippen LogP contribution in [0.5, 0.6) is 0 Å². The maximum absolute atomic E-state index is 12.4. The van der Waals surface area contributed by atoms with E-state index in [0.29, 0.717) is 12.1 Å². The lowest BCUT2D eigenvalue weighted by atomic mass is 9.83. The molecule has 1 N–H and O–H groups in total. The van der Waals surface area contributed by atoms with Crippen LogP contribution in [0.1, 0.15) is 43.6 Å². The average Bonchev–Trinajstić information content (AvgIpc) is 2.26. The Morgan fingerprint density at radius 3 is 2.39 bits per heavy atom. The number of amides is 1. The van der Waals surface area contributed by atoms with Gasteiger partial charge in [0.25, 0.3) is 5.91 Å². The van der Waals surface area contributed by atoms with Crippen LogP contribution in [0.4, 0.5) is 0 Å². The van der Waals surface area contributed by atoms with Gasteiger partial charge in [0.15, 0.2) is 0 Å². The van der Waals surface area contributed by atoms with E-state index < -0.39 is 6.10 Å². The topological polar surface area (TPSA) is 40.5 Å². The van der Waals surface area contributed by atoms with Gasteiger partial charge in [-0.2, -0.15) is 0 Å². The normalized spacial score (nSPS) is 13.2. The quantitative estimate of drug-likeness (QED) is 0.894. The third kappa shape index (κ3) is 3.57. The monoisotopic (exact) mass is 249 g/mol. The Morgan fingerprint density at radius 2 is 1.89 bits per heavy atom. The van der Waals surface area contributed by atoms with Gasteiger partial charge in [-0.25, -0.2) is 0 Å². The molecule has 1 aromatic rings. The van der Waals surface area contributed by atoms with Gasteiger partial charge < -0.3 is 10.0 Å². The van der Waals surface area contributed by atoms with Crippen molar-refractivity contribution in [3.63, 3.8) is 0 Å². The summed E-state index contributed by atoms with van der Waals surface area (Å²) in [6.07, 6.45) is -0.513. The van der Waals surface area contributed by atoms with Gasteiger partial charge in [-0.3, -0.25) is 4.79 Å². The highest BCUT2D eigenvalue weighted by molar-refractivity contribution is 5.95. The lowest BCUT2D eigenvalue weighted by molar-refractivity contribution is 0.0701. The van der Waals surface area contributed by atoms with Gasteiger partial charge in [0.2, 0.25) is 0 Å². The highest BCUT2D eigenvalue weighted by Gasteiger charge is 2.23. The standard InChI is InChI=1S/C15H23NO2/c1-11(17)10-16(5)14(18)12-8-6-7-9-13(12)15(2,3)4/h6-9,11,17H,10H2,1-5H3. The molecule has 1 atom stereocenters. The fraction of sp³-hybridized carbons (Fsp3) is 0.533. The molecule has 0 aliphatic heterocycles. The Hall–Kier alpha value is -1.35. The summed E-state index contributed by atoms with van der Waals surface area (Å²) in [6.45, 7) is 8.30. The molecule has 100 valence electrons. The van der Waals surface area contributed by atoms with E-state index in [-0.39, 0.29) is 11.3 Å². The largest absolute Gasteiger partial charge is 0.392 e. The molecular weight excluding hydrogens is 226 g/mol. The summed E-state index contributed by atoms with van der Waals surface area (Å²) in [5.41, 5.74) is 1.68. The molecule has 1 amide bonds. The number of hydrogen-bond acceptors (Lipinski definition) is 2. The minimum absolute atomic E-state index is 0.0403. The van der Waals surface area contributed by atoms with Crippen LogP contribution in [0.25, 0.3) is 0 Å². The lowest BCUT2D eigenvalue weighted by Gasteiger charge is -2.25. The Kier molecular flexibility index (Phi) is 4.52. The zero-order chi connectivity index (χ0) is 13.9. The Labute approximate surface area is 109 Å². The number of likely N-dealkylation sites (N-methyl/N-ethyl adjacent to an activating group) is 1. The molecule has 0 fully saturated rings. The van der Waals surface area contributed by atoms with Gasteiger partial charge in [-0.05, 0) is 24.0 Å². The average molecular weight is 249 g/mol. The van der Waals surface area contributed by atoms with E-state index >= 15 is 0 Å². The Morgan fingerprint density at radius 1 is 1.33 bits per heavy atom. The minimum Gasteiger partial charge on any atom is -0.392 e. The van der Waals surface area contributed by atoms with Crippen molar-refractivity contribution in [1.82, 2.24) is 4.90 Å². The summed E-state index contributed by atoms with van der Waals surface area (Å²) in [5.74, 6) is -0.0403. The summed E-state index contributed by atoms with van der Waals surface area (Å²) in [5, 5.41) is 9.35. The summed E-state index contributed by atoms with van der Waals surface area (Å²) in [6, 6.07) is 7.66. The first-order valence-corrected chi connectivity index (χ1v) is 6.26. The first kappa shape index (κ1) is 14.7. The van der Waals surface area contributed by atoms with Crippen LogP contribution in [-0.4, -0.2) is 35.6 Å². The molecule has 0 spiro atoms. The van der Waals surface area contributed by atoms with Gasteiger partial charge in [-0.15, -0.1) is 0 Å². The number of benzene rings is 1. The SMILES string of the molecule is CC(O)CN(C)C(=O)c1ccccc1C(C)(C)C. The first-order valence-electron chi connectivity index (χ1n) is 6.26. The van der Waals surface area contributed by atoms with Crippen molar-refractivity contribution in [3.8, 4) is 0 Å². The van der Waals surface area contributed by atoms with Crippen LogP contribution in [-0.2, 0) is 5.41 Å². The molecule has 18 heavy (non-hydrogen) atoms. The van der Waals surface area contributed by atoms with Crippen molar-refractivity contribution < 1.29 is 9.90 Å². The number of aliphatic hydroxyl groups is 1. The van der Waals surface area contributed by atoms with Gasteiger partial charge in [0.1, 0.15) is 0 Å². The zero-order valence-electron chi connectivity index (χ0n) is 11.9. The molecule has 1 unspecified atom stereocenters. The second kappa shape index (κ2) is 5.53. The van der Waals surface area contributed by atoms with Crippen LogP contribution in [0.2, 0.25) is 0 Å². The molecule has 3 heteroatoms. The molecule has 0 aromatic heterocycles. The molecule has 0 radical (unpaired) electrons. The van der Waals surface area contributed by atoms with Crippen LogP contribution in [0.3, 0.4) is 0 Å². The molecule has 0 bridgehead atoms. The van der Waals surface area contributed by atoms with Crippen molar-refractivity contribution in [3.05, 3.63) is 35.4 Å². The number of aliphatic hydroxyl groups excluding tert-OH is 1. The van der Waals surface area contributed by atoms with Crippen molar-refractivity contribution >= 4 is 5.91 Å². The van der Waals surface area contributed by atoms with E-state index in [1.54, 1.807) is 18.9 Å². The number of rotatable bonds is 3. The molecule has 0 aliphatic carbocycles. The van der Waals surface area contributed by atoms with E-state index in [2.05, 4.69) is 20.8 Å². The van der Waals surface area contributed by atoms with Crippen LogP contribution in [0.15, 0.2) is 24.3 Å². The van der Waals surface area contributed by atoms with Gasteiger partial charge in [0, 0.05) is 19.2 Å². The predicted octanol–water partition coefficient (Wildman–Crippen LogP) is 2.44. The van der Waals surface area contributed by atoms with Gasteiger partial charge in [-0.1, -0.05) is 39.0 Å². The Bertz CT molecular complexity index is 419. The summed E-state index contributed by atoms with van der Waals surface area (Å²) >= 11 is 0. The highest BCUT2D eigenvalue weighted by Crippen LogP contribution is 2.26. The molecular formula is C15H23NO2. The second-order valence-electron chi connectivity index (χ2n) is 5.83. The van der Waals surface area contributed by atoms with Crippen LogP contribution in [0, 0.1) is 0 Å². The Balaban J connectivity index is 3.06. The fourth-order valence-electron chi connectivity index (χ4n) is 2.01. The third-order valence-electron chi connectivity index (χ3n) is 2.85. The molecule has 1 aromatic carbocycles. The van der Waals surface area contributed by atoms with E-state index in [9.17, 15) is 9.90 Å². The smallest absolute Gasteiger partial charge is 0.253 e. The van der Waals surface area contributed by atoms with Crippen LogP contribution < -0.4 is 0 Å². The highest BCUT2D eigenvalue weighted by atomic mass is 16.3. The molecule has 3 nitrogen and oxygen atoms in total. The van der Waals surface area contributed by atoms with Crippen molar-refractivity contribution in [2.75, 3.05) is 13.6 Å². The van der Waals surface area contributed by atoms with E-state index in [1.165, 1.54) is 0 Å². The zero-order valence-corrected chi connectivity index (χ0v) is 11.9. The number of hydrogen-bond donors (Lipinski definition) is 1. The summed E-state index contributed by atoms with van der Waals surface area (Å²) in [4.78, 5) is 13.9. The summed E-state index contributed by atoms with van der Waals surface area (Å²) in [7, 11) is 1.72. The predicted molar refractivity (Wildman–Crippen MR) is 73.8 cm³/mol. The molecule has 0 aliphatic rings. The molecule has 0 saturated heterocycles. The number of carbonyl (C=O) groups excluding carboxylic acids is 1. The van der Waals surface area contributed by atoms with Crippen molar-refractivity contribution in [1.29, 1.82) is 0 Å². The van der Waals surface area contributed by atoms with E-state index in [4.69, 9.17) is 0 Å². The molecule has 0 saturated carbocycles. The maximum atomic E-state index is 12.4. The molecule has 0 heterocycles. The minimum atomic E-state index is -0.513. The number of nitrogens with zero attached hydrogens (tertiary/aromatic N) is 1. The maximum Gasteiger partial charge on any atom is 0.253 e. The third-order valence-corrected chi connectivity index (χ3v) is 2.85. The first-order chi connectivity index (χ1) is 8.23. The second-order valence-corrected chi connectivity index (χ2v) is 5.83. The fourth-order valence-corrected chi connectivity index (χ4v) is 2.01. The van der Waals surface area contributed by atoms with Gasteiger partial charge in [0.05, 0.1) is 6.10 Å². The van der Waals surface area contributed by atoms with Crippen molar-refractivity contribution in [2.45, 2.75) is 39.2 Å². The lowest BCUT2D eigenvalue weighted by Crippen LogP contribution is -2.34. The number of carbonyl (C=O) groups is 1. The van der Waals surface area contributed by atoms with Crippen molar-refractivity contribution in [2.24, 2.45) is 0 Å². The molecule has 1 rings (SSSR count). The van der Waals surface area contributed by atoms with E-state index in [0.717, 1.165) is 5.56 Å². The van der Waals surface area contributed by atoms with Gasteiger partial charge >= 0.3 is 0 Å². The van der Waals surface area contributed by atoms with Crippen LogP contribution >= 0.6 is 0 Å². The summed E-state index contributed by atoms with van der Waals surface area (Å²) < 4.78 is 0.